The lowest BCUT2D eigenvalue weighted by Gasteiger charge is -2.12. The molecule has 4 rings (SSSR count). The molecular formula is C21H15F3N3O2S. The van der Waals surface area contributed by atoms with Crippen molar-refractivity contribution in [1.82, 2.24) is 13.8 Å². The van der Waals surface area contributed by atoms with Crippen molar-refractivity contribution < 1.29 is 21.6 Å². The van der Waals surface area contributed by atoms with Gasteiger partial charge in [-0.25, -0.2) is 21.5 Å². The van der Waals surface area contributed by atoms with Gasteiger partial charge in [0.1, 0.15) is 5.82 Å². The van der Waals surface area contributed by atoms with Crippen LogP contribution in [0.15, 0.2) is 78.1 Å². The third-order valence-electron chi connectivity index (χ3n) is 4.52. The number of aromatic nitrogens is 3. The Bertz CT molecular complexity index is 1330. The van der Waals surface area contributed by atoms with E-state index in [4.69, 9.17) is 0 Å². The molecule has 0 saturated heterocycles. The lowest BCUT2D eigenvalue weighted by Crippen LogP contribution is -2.13. The van der Waals surface area contributed by atoms with Crippen molar-refractivity contribution >= 4 is 10.0 Å². The molecule has 0 aliphatic heterocycles. The Labute approximate surface area is 171 Å². The third kappa shape index (κ3) is 3.52. The van der Waals surface area contributed by atoms with Gasteiger partial charge in [0.15, 0.2) is 0 Å². The molecule has 4 aromatic rings. The average Bonchev–Trinajstić information content (AvgIpc) is 3.36. The molecular weight excluding hydrogens is 415 g/mol. The summed E-state index contributed by atoms with van der Waals surface area (Å²) in [7, 11) is -4.12. The lowest BCUT2D eigenvalue weighted by atomic mass is 10.1. The summed E-state index contributed by atoms with van der Waals surface area (Å²) < 4.78 is 68.0. The number of rotatable bonds is 5. The van der Waals surface area contributed by atoms with Crippen LogP contribution in [0.2, 0.25) is 0 Å². The molecule has 0 spiro atoms. The minimum atomic E-state index is -4.12. The Morgan fingerprint density at radius 3 is 2.43 bits per heavy atom. The first-order valence-corrected chi connectivity index (χ1v) is 10.2. The van der Waals surface area contributed by atoms with E-state index in [9.17, 15) is 21.6 Å². The van der Waals surface area contributed by atoms with Crippen LogP contribution in [0, 0.1) is 12.7 Å². The highest BCUT2D eigenvalue weighted by Gasteiger charge is 2.23. The highest BCUT2D eigenvalue weighted by Crippen LogP contribution is 2.30. The van der Waals surface area contributed by atoms with E-state index in [1.165, 1.54) is 54.9 Å². The number of halogens is 3. The van der Waals surface area contributed by atoms with Crippen molar-refractivity contribution in [2.45, 2.75) is 11.4 Å². The predicted octanol–water partition coefficient (Wildman–Crippen LogP) is 4.97. The van der Waals surface area contributed by atoms with E-state index in [-0.39, 0.29) is 16.2 Å². The summed E-state index contributed by atoms with van der Waals surface area (Å²) in [6, 6.07) is 13.1. The summed E-state index contributed by atoms with van der Waals surface area (Å²) in [5.41, 5.74) is 1.38. The molecule has 2 aromatic carbocycles. The van der Waals surface area contributed by atoms with Crippen molar-refractivity contribution in [3.05, 3.63) is 91.5 Å². The maximum atomic E-state index is 14.3. The maximum Gasteiger partial charge on any atom is 0.333 e. The molecule has 30 heavy (non-hydrogen) atoms. The zero-order valence-corrected chi connectivity index (χ0v) is 16.2. The van der Waals surface area contributed by atoms with Gasteiger partial charge < -0.3 is 0 Å². The minimum Gasteiger partial charge on any atom is -0.241 e. The lowest BCUT2D eigenvalue weighted by molar-refractivity contribution is 0.0566. The Morgan fingerprint density at radius 1 is 0.967 bits per heavy atom. The molecule has 5 nitrogen and oxygen atoms in total. The quantitative estimate of drug-likeness (QED) is 0.449. The SMILES string of the molecule is [CH2]c1cc(-c2ccccc2F)n(S(=O)(=O)c2cccc(-c3cnn(C(F)F)c3)c2)c1. The monoisotopic (exact) mass is 430 g/mol. The number of nitrogens with zero attached hydrogens (tertiary/aromatic N) is 3. The van der Waals surface area contributed by atoms with Crippen LogP contribution in [-0.2, 0) is 10.0 Å². The summed E-state index contributed by atoms with van der Waals surface area (Å²) >= 11 is 0. The minimum absolute atomic E-state index is 0.0852. The Morgan fingerprint density at radius 2 is 1.73 bits per heavy atom. The van der Waals surface area contributed by atoms with Crippen LogP contribution in [0.3, 0.4) is 0 Å². The number of benzene rings is 2. The predicted molar refractivity (Wildman–Crippen MR) is 106 cm³/mol. The molecule has 0 atom stereocenters. The summed E-state index contributed by atoms with van der Waals surface area (Å²) in [6.07, 6.45) is 3.66. The largest absolute Gasteiger partial charge is 0.333 e. The summed E-state index contributed by atoms with van der Waals surface area (Å²) in [5.74, 6) is -0.569. The molecule has 2 heterocycles. The smallest absolute Gasteiger partial charge is 0.241 e. The summed E-state index contributed by atoms with van der Waals surface area (Å²) in [4.78, 5) is -0.0852. The Hall–Kier alpha value is -3.33. The number of hydrogen-bond acceptors (Lipinski definition) is 3. The molecule has 2 aromatic heterocycles. The second kappa shape index (κ2) is 7.49. The second-order valence-electron chi connectivity index (χ2n) is 6.53. The van der Waals surface area contributed by atoms with E-state index in [0.29, 0.717) is 21.4 Å². The van der Waals surface area contributed by atoms with Crippen LogP contribution in [0.5, 0.6) is 0 Å². The van der Waals surface area contributed by atoms with Crippen molar-refractivity contribution in [3.63, 3.8) is 0 Å². The first kappa shape index (κ1) is 20.0. The molecule has 0 aliphatic carbocycles. The number of alkyl halides is 2. The highest BCUT2D eigenvalue weighted by atomic mass is 32.2. The van der Waals surface area contributed by atoms with Crippen LogP contribution < -0.4 is 0 Å². The summed E-state index contributed by atoms with van der Waals surface area (Å²) in [6.45, 7) is 0.957. The molecule has 0 aliphatic rings. The zero-order chi connectivity index (χ0) is 21.5. The first-order valence-electron chi connectivity index (χ1n) is 8.75. The fraction of sp³-hybridized carbons (Fsp3) is 0.0476. The Kier molecular flexibility index (Phi) is 4.98. The van der Waals surface area contributed by atoms with E-state index in [2.05, 4.69) is 12.0 Å². The van der Waals surface area contributed by atoms with Crippen molar-refractivity contribution in [1.29, 1.82) is 0 Å². The molecule has 0 amide bonds. The van der Waals surface area contributed by atoms with Gasteiger partial charge in [0, 0.05) is 23.5 Å². The summed E-state index contributed by atoms with van der Waals surface area (Å²) in [5, 5.41) is 3.57. The normalized spacial score (nSPS) is 11.9. The van der Waals surface area contributed by atoms with Crippen LogP contribution in [-0.4, -0.2) is 22.2 Å². The van der Waals surface area contributed by atoms with Crippen LogP contribution in [0.1, 0.15) is 12.1 Å². The van der Waals surface area contributed by atoms with Gasteiger partial charge in [0.25, 0.3) is 10.0 Å². The van der Waals surface area contributed by atoms with Crippen molar-refractivity contribution in [2.24, 2.45) is 0 Å². The molecule has 0 N–H and O–H groups in total. The number of hydrogen-bond donors (Lipinski definition) is 0. The van der Waals surface area contributed by atoms with Crippen molar-refractivity contribution in [3.8, 4) is 22.4 Å². The van der Waals surface area contributed by atoms with E-state index in [0.717, 1.165) is 10.2 Å². The van der Waals surface area contributed by atoms with Gasteiger partial charge in [-0.3, -0.25) is 0 Å². The average molecular weight is 430 g/mol. The topological polar surface area (TPSA) is 56.9 Å². The second-order valence-corrected chi connectivity index (χ2v) is 8.34. The van der Waals surface area contributed by atoms with Gasteiger partial charge >= 0.3 is 6.55 Å². The van der Waals surface area contributed by atoms with Crippen LogP contribution in [0.4, 0.5) is 13.2 Å². The Balaban J connectivity index is 1.81. The fourth-order valence-corrected chi connectivity index (χ4v) is 4.54. The van der Waals surface area contributed by atoms with E-state index in [1.54, 1.807) is 12.1 Å². The maximum absolute atomic E-state index is 14.3. The van der Waals surface area contributed by atoms with Gasteiger partial charge in [-0.15, -0.1) is 0 Å². The third-order valence-corrected chi connectivity index (χ3v) is 6.19. The van der Waals surface area contributed by atoms with E-state index < -0.39 is 22.4 Å². The first-order chi connectivity index (χ1) is 14.3. The fourth-order valence-electron chi connectivity index (χ4n) is 3.10. The van der Waals surface area contributed by atoms with Crippen molar-refractivity contribution in [2.75, 3.05) is 0 Å². The van der Waals surface area contributed by atoms with E-state index in [1.807, 2.05) is 0 Å². The molecule has 0 fully saturated rings. The highest BCUT2D eigenvalue weighted by molar-refractivity contribution is 7.90. The molecule has 9 heteroatoms. The van der Waals surface area contributed by atoms with Gasteiger partial charge in [-0.1, -0.05) is 24.3 Å². The van der Waals surface area contributed by atoms with Gasteiger partial charge in [0.05, 0.1) is 16.8 Å². The van der Waals surface area contributed by atoms with Gasteiger partial charge in [-0.2, -0.15) is 13.9 Å². The molecule has 1 radical (unpaired) electrons. The molecule has 0 unspecified atom stereocenters. The molecule has 153 valence electrons. The van der Waals surface area contributed by atoms with Gasteiger partial charge in [-0.05, 0) is 48.4 Å². The zero-order valence-electron chi connectivity index (χ0n) is 15.4. The standard InChI is InChI=1S/C21H15F3N3O2S/c1-14-9-20(18-7-2-3-8-19(18)22)27(12-14)30(28,29)17-6-4-5-15(10-17)16-11-25-26(13-16)21(23)24/h2-13,21H,1H2. The molecule has 0 saturated carbocycles. The van der Waals surface area contributed by atoms with E-state index >= 15 is 0 Å². The van der Waals surface area contributed by atoms with Gasteiger partial charge in [0.2, 0.25) is 0 Å². The molecule has 0 bridgehead atoms. The van der Waals surface area contributed by atoms with Crippen LogP contribution in [0.25, 0.3) is 22.4 Å². The van der Waals surface area contributed by atoms with Crippen LogP contribution >= 0.6 is 0 Å².